The average Bonchev–Trinajstić information content (AvgIpc) is 1.97. The molecule has 0 aliphatic rings. The number of rotatable bonds is 5. The molecule has 1 N–H and O–H groups in total. The van der Waals surface area contributed by atoms with Crippen LogP contribution in [0.25, 0.3) is 0 Å². The highest BCUT2D eigenvalue weighted by Crippen LogP contribution is 2.05. The van der Waals surface area contributed by atoms with E-state index < -0.39 is 12.1 Å². The van der Waals surface area contributed by atoms with Crippen molar-refractivity contribution in [2.45, 2.75) is 32.4 Å². The molecule has 1 unspecified atom stereocenters. The first-order valence-corrected chi connectivity index (χ1v) is 3.70. The van der Waals surface area contributed by atoms with Crippen LogP contribution in [0.5, 0.6) is 0 Å². The Morgan fingerprint density at radius 3 is 2.82 bits per heavy atom. The lowest BCUT2D eigenvalue weighted by Crippen LogP contribution is -1.95. The van der Waals surface area contributed by atoms with E-state index in [9.17, 15) is 9.18 Å². The third kappa shape index (κ3) is 7.03. The molecule has 0 saturated carbocycles. The van der Waals surface area contributed by atoms with Crippen molar-refractivity contribution in [3.63, 3.8) is 0 Å². The molecule has 0 spiro atoms. The highest BCUT2D eigenvalue weighted by molar-refractivity contribution is 5.79. The Labute approximate surface area is 65.7 Å². The van der Waals surface area contributed by atoms with Gasteiger partial charge in [-0.05, 0) is 19.3 Å². The molecule has 1 atom stereocenters. The number of carbonyl (C=O) groups is 1. The molecule has 0 amide bonds. The van der Waals surface area contributed by atoms with Gasteiger partial charge in [-0.1, -0.05) is 13.0 Å². The van der Waals surface area contributed by atoms with Gasteiger partial charge in [-0.2, -0.15) is 0 Å². The molecule has 0 aromatic rings. The number of alkyl halides is 1. The van der Waals surface area contributed by atoms with Crippen molar-refractivity contribution >= 4 is 5.97 Å². The van der Waals surface area contributed by atoms with Crippen molar-refractivity contribution < 1.29 is 14.3 Å². The zero-order valence-corrected chi connectivity index (χ0v) is 6.59. The Morgan fingerprint density at radius 1 is 1.73 bits per heavy atom. The minimum Gasteiger partial charge on any atom is -0.478 e. The van der Waals surface area contributed by atoms with Gasteiger partial charge in [0.1, 0.15) is 6.17 Å². The summed E-state index contributed by atoms with van der Waals surface area (Å²) in [7, 11) is 0. The first kappa shape index (κ1) is 10.1. The fourth-order valence-electron chi connectivity index (χ4n) is 0.665. The molecule has 2 nitrogen and oxygen atoms in total. The largest absolute Gasteiger partial charge is 0.478 e. The van der Waals surface area contributed by atoms with Gasteiger partial charge < -0.3 is 5.11 Å². The maximum Gasteiger partial charge on any atom is 0.327 e. The van der Waals surface area contributed by atoms with E-state index in [1.54, 1.807) is 6.92 Å². The van der Waals surface area contributed by atoms with Crippen LogP contribution in [0.1, 0.15) is 26.2 Å². The van der Waals surface area contributed by atoms with Gasteiger partial charge in [0.25, 0.3) is 0 Å². The van der Waals surface area contributed by atoms with E-state index in [2.05, 4.69) is 0 Å². The van der Waals surface area contributed by atoms with Crippen LogP contribution in [-0.4, -0.2) is 17.2 Å². The second-order valence-electron chi connectivity index (χ2n) is 2.32. The number of carboxylic acids is 1. The number of aliphatic carboxylic acids is 1. The van der Waals surface area contributed by atoms with Crippen LogP contribution in [0.15, 0.2) is 12.2 Å². The molecular formula is C8H13FO2. The molecular weight excluding hydrogens is 147 g/mol. The Morgan fingerprint density at radius 2 is 2.36 bits per heavy atom. The molecule has 0 bridgehead atoms. The lowest BCUT2D eigenvalue weighted by atomic mass is 10.2. The standard InChI is InChI=1S/C8H13FO2/c1-2-7(9)5-3-4-6-8(10)11/h4,6-7H,2-3,5H2,1H3,(H,10,11). The Kier molecular flexibility index (Phi) is 5.43. The molecule has 11 heavy (non-hydrogen) atoms. The van der Waals surface area contributed by atoms with E-state index in [0.29, 0.717) is 19.3 Å². The molecule has 0 aromatic carbocycles. The summed E-state index contributed by atoms with van der Waals surface area (Å²) in [6.45, 7) is 1.77. The van der Waals surface area contributed by atoms with E-state index in [4.69, 9.17) is 5.11 Å². The van der Waals surface area contributed by atoms with Gasteiger partial charge in [-0.15, -0.1) is 0 Å². The lowest BCUT2D eigenvalue weighted by molar-refractivity contribution is -0.131. The molecule has 3 heteroatoms. The van der Waals surface area contributed by atoms with Gasteiger partial charge in [0.2, 0.25) is 0 Å². The second-order valence-corrected chi connectivity index (χ2v) is 2.32. The molecule has 0 rings (SSSR count). The number of hydrogen-bond donors (Lipinski definition) is 1. The SMILES string of the molecule is CCC(F)CCC=CC(=O)O. The van der Waals surface area contributed by atoms with Crippen LogP contribution in [-0.2, 0) is 4.79 Å². The van der Waals surface area contributed by atoms with Crippen molar-refractivity contribution in [2.24, 2.45) is 0 Å². The first-order valence-electron chi connectivity index (χ1n) is 3.70. The minimum atomic E-state index is -0.975. The van der Waals surface area contributed by atoms with E-state index in [1.807, 2.05) is 0 Å². The van der Waals surface area contributed by atoms with E-state index in [1.165, 1.54) is 6.08 Å². The number of allylic oxidation sites excluding steroid dienone is 1. The molecule has 0 aliphatic carbocycles. The van der Waals surface area contributed by atoms with Gasteiger partial charge in [0.05, 0.1) is 0 Å². The number of carboxylic acid groups (broad SMARTS) is 1. The van der Waals surface area contributed by atoms with Crippen LogP contribution in [0.3, 0.4) is 0 Å². The zero-order chi connectivity index (χ0) is 8.69. The Balaban J connectivity index is 3.33. The van der Waals surface area contributed by atoms with Crippen molar-refractivity contribution in [2.75, 3.05) is 0 Å². The second kappa shape index (κ2) is 5.89. The molecule has 0 fully saturated rings. The summed E-state index contributed by atoms with van der Waals surface area (Å²) in [6.07, 6.45) is 3.14. The third-order valence-corrected chi connectivity index (χ3v) is 1.35. The van der Waals surface area contributed by atoms with Crippen molar-refractivity contribution in [1.82, 2.24) is 0 Å². The van der Waals surface area contributed by atoms with E-state index in [-0.39, 0.29) is 0 Å². The topological polar surface area (TPSA) is 37.3 Å². The molecule has 0 radical (unpaired) electrons. The maximum atomic E-state index is 12.5. The fourth-order valence-corrected chi connectivity index (χ4v) is 0.665. The monoisotopic (exact) mass is 160 g/mol. The van der Waals surface area contributed by atoms with Crippen LogP contribution >= 0.6 is 0 Å². The van der Waals surface area contributed by atoms with Crippen molar-refractivity contribution in [3.8, 4) is 0 Å². The summed E-state index contributed by atoms with van der Waals surface area (Å²) in [5, 5.41) is 8.16. The summed E-state index contributed by atoms with van der Waals surface area (Å²) in [5.74, 6) is -0.975. The summed E-state index contributed by atoms with van der Waals surface area (Å²) < 4.78 is 12.5. The van der Waals surface area contributed by atoms with Gasteiger partial charge in [-0.25, -0.2) is 9.18 Å². The van der Waals surface area contributed by atoms with Crippen molar-refractivity contribution in [1.29, 1.82) is 0 Å². The molecule has 0 saturated heterocycles. The van der Waals surface area contributed by atoms with Crippen molar-refractivity contribution in [3.05, 3.63) is 12.2 Å². The predicted octanol–water partition coefficient (Wildman–Crippen LogP) is 2.16. The summed E-state index contributed by atoms with van der Waals surface area (Å²) >= 11 is 0. The van der Waals surface area contributed by atoms with Gasteiger partial charge in [0.15, 0.2) is 0 Å². The lowest BCUT2D eigenvalue weighted by Gasteiger charge is -1.99. The van der Waals surface area contributed by atoms with Crippen LogP contribution in [0.4, 0.5) is 4.39 Å². The summed E-state index contributed by atoms with van der Waals surface area (Å²) in [6, 6.07) is 0. The highest BCUT2D eigenvalue weighted by atomic mass is 19.1. The first-order chi connectivity index (χ1) is 5.16. The fraction of sp³-hybridized carbons (Fsp3) is 0.625. The normalized spacial score (nSPS) is 13.6. The van der Waals surface area contributed by atoms with E-state index >= 15 is 0 Å². The third-order valence-electron chi connectivity index (χ3n) is 1.35. The maximum absolute atomic E-state index is 12.5. The predicted molar refractivity (Wildman–Crippen MR) is 41.2 cm³/mol. The number of hydrogen-bond acceptors (Lipinski definition) is 1. The Hall–Kier alpha value is -0.860. The van der Waals surface area contributed by atoms with Gasteiger partial charge in [-0.3, -0.25) is 0 Å². The van der Waals surface area contributed by atoms with Crippen LogP contribution in [0, 0.1) is 0 Å². The summed E-state index contributed by atoms with van der Waals surface area (Å²) in [5.41, 5.74) is 0. The summed E-state index contributed by atoms with van der Waals surface area (Å²) in [4.78, 5) is 9.93. The molecule has 0 aromatic heterocycles. The molecule has 64 valence electrons. The Bertz CT molecular complexity index is 143. The minimum absolute atomic E-state index is 0.417. The number of halogens is 1. The molecule has 0 aliphatic heterocycles. The van der Waals surface area contributed by atoms with E-state index in [0.717, 1.165) is 6.08 Å². The van der Waals surface area contributed by atoms with Crippen LogP contribution < -0.4 is 0 Å². The van der Waals surface area contributed by atoms with Gasteiger partial charge >= 0.3 is 5.97 Å². The zero-order valence-electron chi connectivity index (χ0n) is 6.59. The highest BCUT2D eigenvalue weighted by Gasteiger charge is 1.99. The average molecular weight is 160 g/mol. The van der Waals surface area contributed by atoms with Gasteiger partial charge in [0, 0.05) is 6.08 Å². The quantitative estimate of drug-likeness (QED) is 0.626. The molecule has 0 heterocycles. The van der Waals surface area contributed by atoms with Crippen LogP contribution in [0.2, 0.25) is 0 Å². The smallest absolute Gasteiger partial charge is 0.327 e.